The molecular formula is C29H24OS. The van der Waals surface area contributed by atoms with Gasteiger partial charge in [-0.25, -0.2) is 0 Å². The Balaban J connectivity index is 1.80. The second-order valence-corrected chi connectivity index (χ2v) is 8.96. The van der Waals surface area contributed by atoms with Crippen LogP contribution in [0.3, 0.4) is 0 Å². The van der Waals surface area contributed by atoms with E-state index in [4.69, 9.17) is 4.74 Å². The number of hydrogen-bond donors (Lipinski definition) is 0. The summed E-state index contributed by atoms with van der Waals surface area (Å²) < 4.78 is 6.86. The van der Waals surface area contributed by atoms with Crippen LogP contribution in [0, 0.1) is 6.92 Å². The van der Waals surface area contributed by atoms with E-state index in [0.717, 1.165) is 16.9 Å². The molecule has 1 aromatic heterocycles. The molecule has 4 aromatic rings. The van der Waals surface area contributed by atoms with E-state index in [0.29, 0.717) is 0 Å². The van der Waals surface area contributed by atoms with E-state index in [9.17, 15) is 0 Å². The predicted octanol–water partition coefficient (Wildman–Crippen LogP) is 7.95. The average molecular weight is 421 g/mol. The first-order valence-corrected chi connectivity index (χ1v) is 11.4. The Bertz CT molecular complexity index is 1230. The van der Waals surface area contributed by atoms with E-state index >= 15 is 0 Å². The molecule has 152 valence electrons. The summed E-state index contributed by atoms with van der Waals surface area (Å²) in [5.74, 6) is 0.907. The van der Waals surface area contributed by atoms with Crippen molar-refractivity contribution in [2.45, 2.75) is 19.4 Å². The van der Waals surface area contributed by atoms with Crippen molar-refractivity contribution in [2.75, 3.05) is 0 Å². The van der Waals surface area contributed by atoms with Gasteiger partial charge in [0.15, 0.2) is 5.60 Å². The molecule has 31 heavy (non-hydrogen) atoms. The van der Waals surface area contributed by atoms with Crippen molar-refractivity contribution < 1.29 is 4.74 Å². The van der Waals surface area contributed by atoms with Gasteiger partial charge >= 0.3 is 0 Å². The number of rotatable bonds is 4. The first-order valence-electron chi connectivity index (χ1n) is 10.5. The Labute approximate surface area is 188 Å². The predicted molar refractivity (Wildman–Crippen MR) is 132 cm³/mol. The zero-order valence-corrected chi connectivity index (χ0v) is 18.5. The molecule has 0 spiro atoms. The van der Waals surface area contributed by atoms with Crippen LogP contribution in [-0.4, -0.2) is 0 Å². The molecule has 0 N–H and O–H groups in total. The van der Waals surface area contributed by atoms with Gasteiger partial charge in [-0.2, -0.15) is 0 Å². The number of hydrogen-bond acceptors (Lipinski definition) is 2. The molecule has 1 atom stereocenters. The molecular weight excluding hydrogens is 396 g/mol. The summed E-state index contributed by atoms with van der Waals surface area (Å²) in [7, 11) is 0. The van der Waals surface area contributed by atoms with Crippen molar-refractivity contribution in [1.29, 1.82) is 0 Å². The smallest absolute Gasteiger partial charge is 0.167 e. The molecule has 1 aliphatic heterocycles. The summed E-state index contributed by atoms with van der Waals surface area (Å²) in [4.78, 5) is 1.20. The maximum Gasteiger partial charge on any atom is 0.167 e. The fourth-order valence-electron chi connectivity index (χ4n) is 4.24. The molecule has 1 unspecified atom stereocenters. The summed E-state index contributed by atoms with van der Waals surface area (Å²) in [5.41, 5.74) is 6.54. The van der Waals surface area contributed by atoms with Gasteiger partial charge in [0.2, 0.25) is 0 Å². The Morgan fingerprint density at radius 3 is 2.00 bits per heavy atom. The van der Waals surface area contributed by atoms with Crippen molar-refractivity contribution >= 4 is 28.6 Å². The lowest BCUT2D eigenvalue weighted by Crippen LogP contribution is -2.21. The molecule has 2 heteroatoms. The van der Waals surface area contributed by atoms with E-state index in [1.807, 2.05) is 0 Å². The SMILES string of the molecule is Cc1ccc(/C=C2\OC(C)(c3cccs3)C(c3ccccc3)=C2c2ccccc2)cc1. The Kier molecular flexibility index (Phi) is 5.09. The summed E-state index contributed by atoms with van der Waals surface area (Å²) >= 11 is 1.74. The Hall–Kier alpha value is -3.36. The maximum atomic E-state index is 6.86. The van der Waals surface area contributed by atoms with E-state index < -0.39 is 5.60 Å². The summed E-state index contributed by atoms with van der Waals surface area (Å²) in [5, 5.41) is 2.12. The molecule has 1 aliphatic rings. The monoisotopic (exact) mass is 420 g/mol. The maximum absolute atomic E-state index is 6.86. The fourth-order valence-corrected chi connectivity index (χ4v) is 5.07. The van der Waals surface area contributed by atoms with Gasteiger partial charge in [-0.1, -0.05) is 96.6 Å². The zero-order chi connectivity index (χ0) is 21.3. The van der Waals surface area contributed by atoms with Crippen molar-refractivity contribution in [3.63, 3.8) is 0 Å². The van der Waals surface area contributed by atoms with E-state index in [1.165, 1.54) is 27.1 Å². The molecule has 0 amide bonds. The topological polar surface area (TPSA) is 9.23 Å². The highest BCUT2D eigenvalue weighted by molar-refractivity contribution is 7.10. The standard InChI is InChI=1S/C29H24OS/c1-21-15-17-22(18-16-21)20-25-27(23-10-5-3-6-11-23)28(24-12-7-4-8-13-24)29(2,30-25)26-14-9-19-31-26/h3-20H,1-2H3/b25-20-. The minimum absolute atomic E-state index is 0.558. The normalized spacial score (nSPS) is 19.6. The van der Waals surface area contributed by atoms with Gasteiger partial charge in [-0.15, -0.1) is 11.3 Å². The average Bonchev–Trinajstić information content (AvgIpc) is 3.44. The van der Waals surface area contributed by atoms with E-state index in [2.05, 4.69) is 122 Å². The van der Waals surface area contributed by atoms with Crippen LogP contribution in [0.5, 0.6) is 0 Å². The number of allylic oxidation sites excluding steroid dienone is 1. The number of thiophene rings is 1. The van der Waals surface area contributed by atoms with Crippen LogP contribution in [-0.2, 0) is 10.3 Å². The first-order chi connectivity index (χ1) is 15.1. The lowest BCUT2D eigenvalue weighted by atomic mass is 9.84. The van der Waals surface area contributed by atoms with Gasteiger partial charge in [0.1, 0.15) is 5.76 Å². The van der Waals surface area contributed by atoms with Crippen LogP contribution in [0.15, 0.2) is 108 Å². The molecule has 0 saturated heterocycles. The number of benzene rings is 3. The zero-order valence-electron chi connectivity index (χ0n) is 17.7. The Morgan fingerprint density at radius 2 is 1.39 bits per heavy atom. The lowest BCUT2D eigenvalue weighted by Gasteiger charge is -2.27. The highest BCUT2D eigenvalue weighted by Crippen LogP contribution is 2.54. The molecule has 0 saturated carbocycles. The van der Waals surface area contributed by atoms with Crippen LogP contribution < -0.4 is 0 Å². The van der Waals surface area contributed by atoms with Gasteiger partial charge in [0.25, 0.3) is 0 Å². The van der Waals surface area contributed by atoms with E-state index in [1.54, 1.807) is 11.3 Å². The minimum Gasteiger partial charge on any atom is -0.477 e. The van der Waals surface area contributed by atoms with Gasteiger partial charge in [0.05, 0.1) is 4.88 Å². The third kappa shape index (κ3) is 3.64. The molecule has 5 rings (SSSR count). The van der Waals surface area contributed by atoms with Crippen molar-refractivity contribution in [3.8, 4) is 0 Å². The quantitative estimate of drug-likeness (QED) is 0.325. The highest BCUT2D eigenvalue weighted by atomic mass is 32.1. The molecule has 0 aliphatic carbocycles. The summed E-state index contributed by atoms with van der Waals surface area (Å²) in [6.45, 7) is 4.31. The molecule has 3 aromatic carbocycles. The van der Waals surface area contributed by atoms with Gasteiger partial charge in [0, 0.05) is 11.1 Å². The lowest BCUT2D eigenvalue weighted by molar-refractivity contribution is 0.0975. The van der Waals surface area contributed by atoms with Crippen LogP contribution >= 0.6 is 11.3 Å². The van der Waals surface area contributed by atoms with Crippen LogP contribution in [0.4, 0.5) is 0 Å². The second kappa shape index (κ2) is 8.05. The Morgan fingerprint density at radius 1 is 0.742 bits per heavy atom. The third-order valence-corrected chi connectivity index (χ3v) is 6.85. The molecule has 2 heterocycles. The van der Waals surface area contributed by atoms with Crippen molar-refractivity contribution in [1.82, 2.24) is 0 Å². The molecule has 1 nitrogen and oxygen atoms in total. The van der Waals surface area contributed by atoms with Crippen molar-refractivity contribution in [2.24, 2.45) is 0 Å². The third-order valence-electron chi connectivity index (χ3n) is 5.78. The number of aryl methyl sites for hydroxylation is 1. The highest BCUT2D eigenvalue weighted by Gasteiger charge is 2.44. The first kappa shape index (κ1) is 19.6. The summed E-state index contributed by atoms with van der Waals surface area (Å²) in [6.07, 6.45) is 2.17. The summed E-state index contributed by atoms with van der Waals surface area (Å²) in [6, 6.07) is 34.1. The second-order valence-electron chi connectivity index (χ2n) is 8.01. The van der Waals surface area contributed by atoms with Gasteiger partial charge in [-0.3, -0.25) is 0 Å². The minimum atomic E-state index is -0.558. The van der Waals surface area contributed by atoms with Crippen molar-refractivity contribution in [3.05, 3.63) is 135 Å². The molecule has 0 radical (unpaired) electrons. The van der Waals surface area contributed by atoms with Crippen LogP contribution in [0.1, 0.15) is 34.1 Å². The van der Waals surface area contributed by atoms with E-state index in [-0.39, 0.29) is 0 Å². The molecule has 0 fully saturated rings. The van der Waals surface area contributed by atoms with Crippen LogP contribution in [0.25, 0.3) is 17.2 Å². The fraction of sp³-hybridized carbons (Fsp3) is 0.103. The van der Waals surface area contributed by atoms with Gasteiger partial charge < -0.3 is 4.74 Å². The van der Waals surface area contributed by atoms with Crippen LogP contribution in [0.2, 0.25) is 0 Å². The number of ether oxygens (including phenoxy) is 1. The molecule has 0 bridgehead atoms. The largest absolute Gasteiger partial charge is 0.477 e. The van der Waals surface area contributed by atoms with Gasteiger partial charge in [-0.05, 0) is 48.1 Å².